The van der Waals surface area contributed by atoms with Crippen molar-refractivity contribution in [3.63, 3.8) is 0 Å². The first-order valence-corrected chi connectivity index (χ1v) is 4.89. The molecule has 0 bridgehead atoms. The van der Waals surface area contributed by atoms with Crippen molar-refractivity contribution < 1.29 is 14.5 Å². The Bertz CT molecular complexity index is 385. The van der Waals surface area contributed by atoms with Gasteiger partial charge in [0.2, 0.25) is 5.69 Å². The summed E-state index contributed by atoms with van der Waals surface area (Å²) in [6.07, 6.45) is 4.07. The van der Waals surface area contributed by atoms with Gasteiger partial charge in [-0.15, -0.1) is 0 Å². The summed E-state index contributed by atoms with van der Waals surface area (Å²) in [5.41, 5.74) is 1.19. The smallest absolute Gasteiger partial charge is 0.210 e. The summed E-state index contributed by atoms with van der Waals surface area (Å²) in [6, 6.07) is 16.3. The van der Waals surface area contributed by atoms with Crippen molar-refractivity contribution in [3.05, 3.63) is 60.9 Å². The number of pyridine rings is 1. The second-order valence-electron chi connectivity index (χ2n) is 3.11. The number of hydrogen-bond acceptors (Lipinski definition) is 2. The lowest BCUT2D eigenvalue weighted by Crippen LogP contribution is -2.28. The zero-order valence-electron chi connectivity index (χ0n) is 9.04. The molecular weight excluding hydrogens is 202 g/mol. The summed E-state index contributed by atoms with van der Waals surface area (Å²) >= 11 is 0. The highest BCUT2D eigenvalue weighted by molar-refractivity contribution is 5.60. The molecule has 0 spiro atoms. The molecule has 1 aromatic carbocycles. The van der Waals surface area contributed by atoms with E-state index in [2.05, 4.69) is 16.7 Å². The van der Waals surface area contributed by atoms with Gasteiger partial charge in [0.1, 0.15) is 0 Å². The molecule has 82 valence electrons. The molecule has 0 unspecified atom stereocenters. The zero-order chi connectivity index (χ0) is 11.8. The monoisotopic (exact) mass is 215 g/mol. The van der Waals surface area contributed by atoms with Crippen LogP contribution < -0.4 is 9.67 Å². The zero-order valence-corrected chi connectivity index (χ0v) is 9.04. The van der Waals surface area contributed by atoms with Gasteiger partial charge in [-0.05, 0) is 6.92 Å². The molecule has 3 heteroatoms. The van der Waals surface area contributed by atoms with Crippen molar-refractivity contribution in [2.75, 3.05) is 0 Å². The molecule has 3 nitrogen and oxygen atoms in total. The van der Waals surface area contributed by atoms with Gasteiger partial charge in [0.25, 0.3) is 0 Å². The van der Waals surface area contributed by atoms with Gasteiger partial charge in [0.15, 0.2) is 12.4 Å². The molecule has 0 saturated carbocycles. The van der Waals surface area contributed by atoms with Crippen LogP contribution in [-0.4, -0.2) is 5.97 Å². The van der Waals surface area contributed by atoms with E-state index in [9.17, 15) is 0 Å². The van der Waals surface area contributed by atoms with Gasteiger partial charge in [0.05, 0.1) is 0 Å². The molecule has 2 aromatic rings. The highest BCUT2D eigenvalue weighted by Crippen LogP contribution is 1.96. The number of carboxylic acids is 1. The number of para-hydroxylation sites is 1. The Balaban J connectivity index is 0.000000280. The van der Waals surface area contributed by atoms with Crippen LogP contribution in [-0.2, 0) is 4.79 Å². The topological polar surface area (TPSA) is 44.0 Å². The molecule has 2 rings (SSSR count). The minimum absolute atomic E-state index is 0.972. The second-order valence-corrected chi connectivity index (χ2v) is 3.11. The quantitative estimate of drug-likeness (QED) is 0.658. The molecule has 0 N–H and O–H groups in total. The molecule has 0 aliphatic carbocycles. The minimum Gasteiger partial charge on any atom is -0.550 e. The predicted molar refractivity (Wildman–Crippen MR) is 58.7 cm³/mol. The Morgan fingerprint density at radius 3 is 1.94 bits per heavy atom. The van der Waals surface area contributed by atoms with Crippen LogP contribution in [0.15, 0.2) is 60.9 Å². The van der Waals surface area contributed by atoms with Crippen LogP contribution in [0.25, 0.3) is 5.69 Å². The standard InChI is InChI=1S/C11H10N.C2H4O2/c1-3-7-11(8-4-1)12-9-5-2-6-10-12;1-2(3)4/h1-10H;1H3,(H,3,4)/q+1;/p-1. The average molecular weight is 215 g/mol. The minimum atomic E-state index is -1.08. The van der Waals surface area contributed by atoms with E-state index < -0.39 is 5.97 Å². The molecule has 0 amide bonds. The molecule has 16 heavy (non-hydrogen) atoms. The molecule has 0 radical (unpaired) electrons. The first kappa shape index (κ1) is 11.9. The Morgan fingerprint density at radius 2 is 1.44 bits per heavy atom. The normalized spacial score (nSPS) is 8.81. The van der Waals surface area contributed by atoms with E-state index in [4.69, 9.17) is 9.90 Å². The van der Waals surface area contributed by atoms with Gasteiger partial charge >= 0.3 is 0 Å². The Hall–Kier alpha value is -2.16. The highest BCUT2D eigenvalue weighted by atomic mass is 16.4. The largest absolute Gasteiger partial charge is 0.550 e. The van der Waals surface area contributed by atoms with Crippen LogP contribution in [0.2, 0.25) is 0 Å². The van der Waals surface area contributed by atoms with Gasteiger partial charge < -0.3 is 9.90 Å². The Labute approximate surface area is 94.6 Å². The summed E-state index contributed by atoms with van der Waals surface area (Å²) in [6.45, 7) is 0.972. The van der Waals surface area contributed by atoms with Crippen molar-refractivity contribution in [1.82, 2.24) is 0 Å². The van der Waals surface area contributed by atoms with E-state index in [1.807, 2.05) is 48.8 Å². The van der Waals surface area contributed by atoms with Gasteiger partial charge in [-0.1, -0.05) is 24.3 Å². The van der Waals surface area contributed by atoms with E-state index in [1.54, 1.807) is 0 Å². The van der Waals surface area contributed by atoms with Crippen LogP contribution in [0.5, 0.6) is 0 Å². The molecular formula is C13H13NO2. The summed E-state index contributed by atoms with van der Waals surface area (Å²) in [5.74, 6) is -1.08. The fourth-order valence-electron chi connectivity index (χ4n) is 1.17. The number of aliphatic carboxylic acids is 1. The Kier molecular flexibility index (Phi) is 4.73. The van der Waals surface area contributed by atoms with Crippen molar-refractivity contribution in [3.8, 4) is 5.69 Å². The van der Waals surface area contributed by atoms with Gasteiger partial charge in [0, 0.05) is 30.2 Å². The van der Waals surface area contributed by atoms with Crippen molar-refractivity contribution in [1.29, 1.82) is 0 Å². The average Bonchev–Trinajstić information content (AvgIpc) is 2.31. The van der Waals surface area contributed by atoms with Gasteiger partial charge in [-0.3, -0.25) is 0 Å². The number of aromatic nitrogens is 1. The van der Waals surface area contributed by atoms with Crippen LogP contribution in [0, 0.1) is 0 Å². The molecule has 1 aromatic heterocycles. The number of nitrogens with zero attached hydrogens (tertiary/aromatic N) is 1. The van der Waals surface area contributed by atoms with E-state index in [-0.39, 0.29) is 0 Å². The fraction of sp³-hybridized carbons (Fsp3) is 0.0769. The number of carbonyl (C=O) groups is 1. The lowest BCUT2D eigenvalue weighted by Gasteiger charge is -1.92. The van der Waals surface area contributed by atoms with Crippen LogP contribution in [0.1, 0.15) is 6.92 Å². The highest BCUT2D eigenvalue weighted by Gasteiger charge is 1.99. The van der Waals surface area contributed by atoms with E-state index >= 15 is 0 Å². The number of rotatable bonds is 1. The lowest BCUT2D eigenvalue weighted by atomic mass is 10.3. The van der Waals surface area contributed by atoms with E-state index in [0.29, 0.717) is 0 Å². The first-order chi connectivity index (χ1) is 7.70. The van der Waals surface area contributed by atoms with Gasteiger partial charge in [-0.2, -0.15) is 4.57 Å². The molecule has 0 saturated heterocycles. The van der Waals surface area contributed by atoms with E-state index in [0.717, 1.165) is 6.92 Å². The maximum Gasteiger partial charge on any atom is 0.210 e. The summed E-state index contributed by atoms with van der Waals surface area (Å²) in [4.78, 5) is 8.89. The van der Waals surface area contributed by atoms with Crippen LogP contribution in [0.3, 0.4) is 0 Å². The molecule has 1 heterocycles. The molecule has 0 atom stereocenters. The van der Waals surface area contributed by atoms with Crippen molar-refractivity contribution >= 4 is 5.97 Å². The summed E-state index contributed by atoms with van der Waals surface area (Å²) in [7, 11) is 0. The van der Waals surface area contributed by atoms with Crippen molar-refractivity contribution in [2.45, 2.75) is 6.92 Å². The van der Waals surface area contributed by atoms with Crippen LogP contribution >= 0.6 is 0 Å². The maximum atomic E-state index is 8.89. The van der Waals surface area contributed by atoms with Gasteiger partial charge in [-0.25, -0.2) is 0 Å². The third-order valence-electron chi connectivity index (χ3n) is 1.77. The first-order valence-electron chi connectivity index (χ1n) is 4.89. The molecule has 0 aliphatic rings. The lowest BCUT2D eigenvalue weighted by molar-refractivity contribution is -0.595. The third-order valence-corrected chi connectivity index (χ3v) is 1.77. The maximum absolute atomic E-state index is 8.89. The second kappa shape index (κ2) is 6.35. The molecule has 0 fully saturated rings. The SMILES string of the molecule is CC(=O)[O-].c1ccc(-[n+]2ccccc2)cc1. The third kappa shape index (κ3) is 4.37. The number of hydrogen-bond donors (Lipinski definition) is 0. The van der Waals surface area contributed by atoms with Crippen LogP contribution in [0.4, 0.5) is 0 Å². The number of carboxylic acid groups (broad SMARTS) is 1. The summed E-state index contributed by atoms with van der Waals surface area (Å²) in [5, 5.41) is 8.89. The molecule has 0 aliphatic heterocycles. The predicted octanol–water partition coefficient (Wildman–Crippen LogP) is 0.719. The number of benzene rings is 1. The number of carbonyl (C=O) groups excluding carboxylic acids is 1. The summed E-state index contributed by atoms with van der Waals surface area (Å²) < 4.78 is 2.08. The fourth-order valence-corrected chi connectivity index (χ4v) is 1.17. The van der Waals surface area contributed by atoms with Crippen molar-refractivity contribution in [2.24, 2.45) is 0 Å². The Morgan fingerprint density at radius 1 is 1.00 bits per heavy atom. The van der Waals surface area contributed by atoms with E-state index in [1.165, 1.54) is 5.69 Å².